The number of rotatable bonds is 23. The van der Waals surface area contributed by atoms with Gasteiger partial charge in [-0.3, -0.25) is 43.2 Å². The van der Waals surface area contributed by atoms with Gasteiger partial charge in [-0.25, -0.2) is 0 Å². The standard InChI is InChI=1S/C42H56N10O11/c1-22(2)15-30(50-40(61)28-13-14-33(55)47-28)41(62)52-36(23(3)54)42(63)51-31(16-24-9-5-4-6-10-24)38(59)45-20-35(57)49-32(21-53)39(60)46-19-34(56)48-29(37(43)58)17-25-18-44-27-12-8-7-11-26(25)27/h4-12,18,22-23,28-32,36,44,53-54H,13-17,19-21H2,1-3H3,(H2,43,58)(H,45,59)(H,46,60)(H,47,55)(H,48,56)(H,49,57)(H,50,61)(H,51,63)(H,52,62)/t23-,28+,29+,30+,31+,32+,36?/m1/s1. The fourth-order valence-corrected chi connectivity index (χ4v) is 6.77. The first-order valence-corrected chi connectivity index (χ1v) is 20.5. The molecule has 21 heteroatoms. The zero-order valence-electron chi connectivity index (χ0n) is 35.2. The van der Waals surface area contributed by atoms with Crippen molar-refractivity contribution >= 4 is 64.1 Å². The van der Waals surface area contributed by atoms with Crippen molar-refractivity contribution in [2.45, 2.75) is 95.2 Å². The van der Waals surface area contributed by atoms with Crippen LogP contribution in [0.3, 0.4) is 0 Å². The number of aliphatic hydroxyl groups is 2. The van der Waals surface area contributed by atoms with E-state index in [2.05, 4.69) is 47.5 Å². The number of para-hydroxylation sites is 1. The maximum atomic E-state index is 13.7. The topological polar surface area (TPSA) is 332 Å². The van der Waals surface area contributed by atoms with Crippen LogP contribution in [0.25, 0.3) is 10.9 Å². The van der Waals surface area contributed by atoms with Gasteiger partial charge in [0.1, 0.15) is 36.3 Å². The first-order chi connectivity index (χ1) is 29.9. The second kappa shape index (κ2) is 23.4. The molecular weight excluding hydrogens is 821 g/mol. The molecule has 63 heavy (non-hydrogen) atoms. The number of nitrogens with one attached hydrogen (secondary N) is 9. The van der Waals surface area contributed by atoms with Crippen LogP contribution < -0.4 is 48.3 Å². The van der Waals surface area contributed by atoms with E-state index in [1.54, 1.807) is 36.5 Å². The van der Waals surface area contributed by atoms with Crippen molar-refractivity contribution in [2.24, 2.45) is 11.7 Å². The summed E-state index contributed by atoms with van der Waals surface area (Å²) in [5, 5.41) is 40.8. The Bertz CT molecular complexity index is 2130. The minimum atomic E-state index is -1.60. The molecule has 0 radical (unpaired) electrons. The number of aliphatic hydroxyl groups excluding tert-OH is 2. The lowest BCUT2D eigenvalue weighted by atomic mass is 10.0. The minimum Gasteiger partial charge on any atom is -0.394 e. The van der Waals surface area contributed by atoms with Crippen LogP contribution in [0.15, 0.2) is 60.8 Å². The Morgan fingerprint density at radius 1 is 0.730 bits per heavy atom. The lowest BCUT2D eigenvalue weighted by molar-refractivity contribution is -0.136. The van der Waals surface area contributed by atoms with Crippen LogP contribution in [-0.4, -0.2) is 130 Å². The molecule has 1 unspecified atom stereocenters. The molecule has 21 nitrogen and oxygen atoms in total. The second-order valence-electron chi connectivity index (χ2n) is 15.7. The number of carbonyl (C=O) groups is 9. The van der Waals surface area contributed by atoms with E-state index in [-0.39, 0.29) is 43.9 Å². The van der Waals surface area contributed by atoms with Gasteiger partial charge in [0.15, 0.2) is 0 Å². The summed E-state index contributed by atoms with van der Waals surface area (Å²) in [6, 6.07) is 8.23. The highest BCUT2D eigenvalue weighted by molar-refractivity contribution is 5.98. The molecule has 0 saturated carbocycles. The van der Waals surface area contributed by atoms with Crippen molar-refractivity contribution in [2.75, 3.05) is 19.7 Å². The first kappa shape index (κ1) is 48.8. The van der Waals surface area contributed by atoms with Crippen molar-refractivity contribution in [3.63, 3.8) is 0 Å². The van der Waals surface area contributed by atoms with E-state index < -0.39 is 109 Å². The number of amides is 9. The van der Waals surface area contributed by atoms with Gasteiger partial charge in [0.25, 0.3) is 0 Å². The summed E-state index contributed by atoms with van der Waals surface area (Å²) in [7, 11) is 0. The Kier molecular flexibility index (Phi) is 18.1. The van der Waals surface area contributed by atoms with Gasteiger partial charge < -0.3 is 63.5 Å². The van der Waals surface area contributed by atoms with E-state index in [0.717, 1.165) is 16.5 Å². The summed E-state index contributed by atoms with van der Waals surface area (Å²) >= 11 is 0. The maximum Gasteiger partial charge on any atom is 0.245 e. The molecule has 4 rings (SSSR count). The number of primary amides is 1. The van der Waals surface area contributed by atoms with Crippen LogP contribution in [-0.2, 0) is 56.0 Å². The first-order valence-electron chi connectivity index (χ1n) is 20.5. The van der Waals surface area contributed by atoms with E-state index in [0.29, 0.717) is 5.56 Å². The highest BCUT2D eigenvalue weighted by Gasteiger charge is 2.35. The van der Waals surface area contributed by atoms with E-state index in [9.17, 15) is 53.4 Å². The van der Waals surface area contributed by atoms with E-state index >= 15 is 0 Å². The number of fused-ring (bicyclic) bond motifs is 1. The third kappa shape index (κ3) is 14.9. The monoisotopic (exact) mass is 876 g/mol. The molecule has 1 aliphatic heterocycles. The molecule has 2 heterocycles. The number of benzene rings is 2. The van der Waals surface area contributed by atoms with E-state index in [1.165, 1.54) is 6.92 Å². The molecule has 1 saturated heterocycles. The molecule has 13 N–H and O–H groups in total. The van der Waals surface area contributed by atoms with Gasteiger partial charge in [-0.2, -0.15) is 0 Å². The van der Waals surface area contributed by atoms with Crippen molar-refractivity contribution in [3.8, 4) is 0 Å². The van der Waals surface area contributed by atoms with Gasteiger partial charge in [-0.15, -0.1) is 0 Å². The van der Waals surface area contributed by atoms with Gasteiger partial charge in [0.05, 0.1) is 25.8 Å². The fraction of sp³-hybridized carbons (Fsp3) is 0.452. The molecule has 0 bridgehead atoms. The molecule has 0 aliphatic carbocycles. The summed E-state index contributed by atoms with van der Waals surface area (Å²) in [4.78, 5) is 119. The summed E-state index contributed by atoms with van der Waals surface area (Å²) in [5.74, 6) is -7.05. The average Bonchev–Trinajstić information content (AvgIpc) is 3.88. The van der Waals surface area contributed by atoms with E-state index in [4.69, 9.17) is 5.73 Å². The predicted molar refractivity (Wildman–Crippen MR) is 226 cm³/mol. The molecule has 2 aromatic carbocycles. The lowest BCUT2D eigenvalue weighted by Gasteiger charge is -2.27. The molecule has 1 fully saturated rings. The molecule has 340 valence electrons. The van der Waals surface area contributed by atoms with Gasteiger partial charge in [0.2, 0.25) is 53.2 Å². The summed E-state index contributed by atoms with van der Waals surface area (Å²) in [6.45, 7) is 2.61. The van der Waals surface area contributed by atoms with Crippen molar-refractivity contribution in [1.29, 1.82) is 0 Å². The third-order valence-electron chi connectivity index (χ3n) is 10.1. The number of H-pyrrole nitrogens is 1. The molecule has 1 aromatic heterocycles. The molecule has 9 amide bonds. The van der Waals surface area contributed by atoms with Crippen LogP contribution in [0, 0.1) is 5.92 Å². The molecular formula is C42H56N10O11. The zero-order chi connectivity index (χ0) is 46.2. The van der Waals surface area contributed by atoms with Crippen LogP contribution in [0.2, 0.25) is 0 Å². The number of hydrogen-bond donors (Lipinski definition) is 12. The number of nitrogens with two attached hydrogens (primary N) is 1. The zero-order valence-corrected chi connectivity index (χ0v) is 35.2. The summed E-state index contributed by atoms with van der Waals surface area (Å²) < 4.78 is 0. The van der Waals surface area contributed by atoms with Crippen LogP contribution in [0.5, 0.6) is 0 Å². The predicted octanol–water partition coefficient (Wildman–Crippen LogP) is -3.21. The SMILES string of the molecule is CC(C)C[C@H](NC(=O)[C@@H]1CCC(=O)N1)C(=O)NC(C(=O)N[C@@H](Cc1ccccc1)C(=O)NCC(=O)N[C@@H](CO)C(=O)NCC(=O)N[C@@H](Cc1c[nH]c2ccccc12)C(N)=O)[C@@H](C)O. The molecule has 0 spiro atoms. The minimum absolute atomic E-state index is 0.0670. The lowest BCUT2D eigenvalue weighted by Crippen LogP contribution is -2.61. The fourth-order valence-electron chi connectivity index (χ4n) is 6.77. The van der Waals surface area contributed by atoms with Crippen LogP contribution in [0.4, 0.5) is 0 Å². The Morgan fingerprint density at radius 3 is 1.94 bits per heavy atom. The van der Waals surface area contributed by atoms with Crippen molar-refractivity contribution in [1.82, 2.24) is 47.5 Å². The van der Waals surface area contributed by atoms with Gasteiger partial charge >= 0.3 is 0 Å². The van der Waals surface area contributed by atoms with Crippen molar-refractivity contribution < 1.29 is 53.4 Å². The maximum absolute atomic E-state index is 13.7. The van der Waals surface area contributed by atoms with Crippen LogP contribution >= 0.6 is 0 Å². The smallest absolute Gasteiger partial charge is 0.245 e. The van der Waals surface area contributed by atoms with Gasteiger partial charge in [0, 0.05) is 36.4 Å². The summed E-state index contributed by atoms with van der Waals surface area (Å²) in [5.41, 5.74) is 7.67. The Morgan fingerprint density at radius 2 is 1.35 bits per heavy atom. The Balaban J connectivity index is 1.33. The quantitative estimate of drug-likeness (QED) is 0.0450. The van der Waals surface area contributed by atoms with Crippen molar-refractivity contribution in [3.05, 3.63) is 71.9 Å². The highest BCUT2D eigenvalue weighted by atomic mass is 16.3. The normalized spacial score (nSPS) is 16.3. The Hall–Kier alpha value is -6.87. The van der Waals surface area contributed by atoms with Gasteiger partial charge in [-0.05, 0) is 42.9 Å². The molecule has 7 atom stereocenters. The van der Waals surface area contributed by atoms with E-state index in [1.807, 2.05) is 38.1 Å². The number of carbonyl (C=O) groups excluding carboxylic acids is 9. The number of aromatic nitrogens is 1. The number of hydrogen-bond acceptors (Lipinski definition) is 11. The average molecular weight is 877 g/mol. The largest absolute Gasteiger partial charge is 0.394 e. The third-order valence-corrected chi connectivity index (χ3v) is 10.1. The number of aromatic amines is 1. The molecule has 1 aliphatic rings. The summed E-state index contributed by atoms with van der Waals surface area (Å²) in [6.07, 6.45) is 0.749. The Labute approximate surface area is 362 Å². The molecule has 3 aromatic rings. The second-order valence-corrected chi connectivity index (χ2v) is 15.7. The van der Waals surface area contributed by atoms with Crippen LogP contribution in [0.1, 0.15) is 51.2 Å². The highest BCUT2D eigenvalue weighted by Crippen LogP contribution is 2.19. The van der Waals surface area contributed by atoms with Gasteiger partial charge in [-0.1, -0.05) is 62.4 Å².